The van der Waals surface area contributed by atoms with E-state index in [1.165, 1.54) is 5.06 Å². The van der Waals surface area contributed by atoms with Crippen LogP contribution in [0.4, 0.5) is 0 Å². The Morgan fingerprint density at radius 3 is 2.19 bits per heavy atom. The molecule has 2 N–H and O–H groups in total. The van der Waals surface area contributed by atoms with Crippen LogP contribution in [-0.4, -0.2) is 49.6 Å². The summed E-state index contributed by atoms with van der Waals surface area (Å²) in [5.74, 6) is -1.34. The Kier molecular flexibility index (Phi) is 4.03. The number of aliphatic hydroxyl groups excluding tert-OH is 1. The van der Waals surface area contributed by atoms with Gasteiger partial charge in [-0.1, -0.05) is 0 Å². The maximum absolute atomic E-state index is 12.3. The summed E-state index contributed by atoms with van der Waals surface area (Å²) >= 11 is 0. The van der Waals surface area contributed by atoms with E-state index >= 15 is 0 Å². The summed E-state index contributed by atoms with van der Waals surface area (Å²) in [6.45, 7) is 7.40. The topological polar surface area (TPSA) is 90.3 Å². The summed E-state index contributed by atoms with van der Waals surface area (Å²) in [5.41, 5.74) is -1.14. The molecule has 21 heavy (non-hydrogen) atoms. The fraction of sp³-hybridized carbons (Fsp3) is 0.857. The molecule has 2 fully saturated rings. The molecule has 1 amide bonds. The minimum atomic E-state index is -1.06. The largest absolute Gasteiger partial charge is 0.370 e. The third-order valence-electron chi connectivity index (χ3n) is 4.29. The monoisotopic (exact) mass is 300 g/mol. The fourth-order valence-electron chi connectivity index (χ4n) is 3.37. The third kappa shape index (κ3) is 3.04. The molecule has 0 aliphatic carbocycles. The minimum absolute atomic E-state index is 0.181. The normalized spacial score (nSPS) is 29.7. The first-order valence-corrected chi connectivity index (χ1v) is 7.26. The van der Waals surface area contributed by atoms with E-state index in [4.69, 9.17) is 4.84 Å². The van der Waals surface area contributed by atoms with E-state index in [0.29, 0.717) is 12.8 Å². The summed E-state index contributed by atoms with van der Waals surface area (Å²) in [5, 5.41) is 21.9. The Labute approximate surface area is 124 Å². The number of rotatable bonds is 2. The average Bonchev–Trinajstić information content (AvgIpc) is 2.66. The van der Waals surface area contributed by atoms with Gasteiger partial charge in [-0.3, -0.25) is 4.79 Å². The predicted molar refractivity (Wildman–Crippen MR) is 72.7 cm³/mol. The van der Waals surface area contributed by atoms with Crippen LogP contribution in [0.25, 0.3) is 0 Å². The van der Waals surface area contributed by atoms with E-state index in [1.54, 1.807) is 0 Å². The van der Waals surface area contributed by atoms with Gasteiger partial charge in [0.25, 0.3) is 5.91 Å². The highest BCUT2D eigenvalue weighted by molar-refractivity contribution is 5.80. The van der Waals surface area contributed by atoms with Gasteiger partial charge in [0.2, 0.25) is 0 Å². The van der Waals surface area contributed by atoms with Gasteiger partial charge in [0.15, 0.2) is 6.23 Å². The van der Waals surface area contributed by atoms with Crippen LogP contribution < -0.4 is 0 Å². The quantitative estimate of drug-likeness (QED) is 0.792. The van der Waals surface area contributed by atoms with Crippen molar-refractivity contribution in [2.45, 2.75) is 70.7 Å². The average molecular weight is 300 g/mol. The van der Waals surface area contributed by atoms with Crippen molar-refractivity contribution < 1.29 is 24.7 Å². The van der Waals surface area contributed by atoms with Gasteiger partial charge >= 0.3 is 5.97 Å². The maximum atomic E-state index is 12.3. The zero-order chi connectivity index (χ0) is 16.0. The number of amides is 1. The molecule has 120 valence electrons. The van der Waals surface area contributed by atoms with E-state index in [-0.39, 0.29) is 18.7 Å². The summed E-state index contributed by atoms with van der Waals surface area (Å²) in [6.07, 6.45) is 0.243. The molecule has 2 heterocycles. The summed E-state index contributed by atoms with van der Waals surface area (Å²) < 4.78 is 0. The SMILES string of the molecule is CC1(C)CC(C(=O)ON2C(=O)CCC2O)CC(C)(C)N1O. The van der Waals surface area contributed by atoms with Crippen molar-refractivity contribution in [3.8, 4) is 0 Å². The number of carbonyl (C=O) groups is 2. The molecule has 0 saturated carbocycles. The van der Waals surface area contributed by atoms with Crippen molar-refractivity contribution in [3.05, 3.63) is 0 Å². The molecule has 2 aliphatic heterocycles. The Bertz CT molecular complexity index is 431. The number of hydroxylamine groups is 4. The first kappa shape index (κ1) is 16.2. The van der Waals surface area contributed by atoms with Crippen LogP contribution in [0.5, 0.6) is 0 Å². The predicted octanol–water partition coefficient (Wildman–Crippen LogP) is 1.04. The van der Waals surface area contributed by atoms with Crippen LogP contribution in [0.1, 0.15) is 53.4 Å². The lowest BCUT2D eigenvalue weighted by Gasteiger charge is -2.50. The van der Waals surface area contributed by atoms with Gasteiger partial charge in [0.05, 0.1) is 5.92 Å². The molecule has 7 nitrogen and oxygen atoms in total. The van der Waals surface area contributed by atoms with Gasteiger partial charge < -0.3 is 15.2 Å². The number of carbonyl (C=O) groups excluding carboxylic acids is 2. The molecule has 1 atom stereocenters. The highest BCUT2D eigenvalue weighted by Gasteiger charge is 2.48. The van der Waals surface area contributed by atoms with Gasteiger partial charge in [0.1, 0.15) is 0 Å². The third-order valence-corrected chi connectivity index (χ3v) is 4.29. The second-order valence-electron chi connectivity index (χ2n) is 7.19. The molecule has 2 aliphatic rings. The van der Waals surface area contributed by atoms with Gasteiger partial charge in [-0.15, -0.1) is 5.06 Å². The highest BCUT2D eigenvalue weighted by atomic mass is 16.7. The standard InChI is InChI=1S/C14H24N2O5/c1-13(2)7-9(8-14(3,4)16(13)20)12(19)21-15-10(17)5-6-11(15)18/h9-10,17,20H,5-8H2,1-4H3. The van der Waals surface area contributed by atoms with Crippen molar-refractivity contribution in [1.82, 2.24) is 10.1 Å². The lowest BCUT2D eigenvalue weighted by molar-refractivity contribution is -0.259. The van der Waals surface area contributed by atoms with Crippen LogP contribution in [0.15, 0.2) is 0 Å². The Balaban J connectivity index is 2.08. The van der Waals surface area contributed by atoms with Crippen molar-refractivity contribution >= 4 is 11.9 Å². The second kappa shape index (κ2) is 5.23. The van der Waals surface area contributed by atoms with E-state index in [9.17, 15) is 19.9 Å². The molecule has 1 unspecified atom stereocenters. The number of hydrogen-bond donors (Lipinski definition) is 2. The number of piperidine rings is 1. The lowest BCUT2D eigenvalue weighted by Crippen LogP contribution is -2.60. The Morgan fingerprint density at radius 2 is 1.76 bits per heavy atom. The summed E-state index contributed by atoms with van der Waals surface area (Å²) in [4.78, 5) is 28.9. The van der Waals surface area contributed by atoms with Crippen LogP contribution in [0, 0.1) is 5.92 Å². The van der Waals surface area contributed by atoms with Gasteiger partial charge in [-0.2, -0.15) is 5.06 Å². The van der Waals surface area contributed by atoms with Crippen LogP contribution in [0.3, 0.4) is 0 Å². The molecule has 0 bridgehead atoms. The van der Waals surface area contributed by atoms with E-state index in [0.717, 1.165) is 5.06 Å². The Hall–Kier alpha value is -1.18. The number of nitrogens with zero attached hydrogens (tertiary/aromatic N) is 2. The first-order chi connectivity index (χ1) is 9.54. The van der Waals surface area contributed by atoms with Crippen molar-refractivity contribution in [2.75, 3.05) is 0 Å². The smallest absolute Gasteiger partial charge is 0.335 e. The molecule has 7 heteroatoms. The zero-order valence-electron chi connectivity index (χ0n) is 13.0. The maximum Gasteiger partial charge on any atom is 0.335 e. The number of hydrogen-bond acceptors (Lipinski definition) is 6. The van der Waals surface area contributed by atoms with Crippen LogP contribution >= 0.6 is 0 Å². The highest BCUT2D eigenvalue weighted by Crippen LogP contribution is 2.40. The van der Waals surface area contributed by atoms with Crippen LogP contribution in [-0.2, 0) is 14.4 Å². The van der Waals surface area contributed by atoms with E-state index in [1.807, 2.05) is 27.7 Å². The minimum Gasteiger partial charge on any atom is -0.370 e. The molecule has 0 aromatic rings. The zero-order valence-corrected chi connectivity index (χ0v) is 13.0. The molecule has 0 aromatic heterocycles. The van der Waals surface area contributed by atoms with Gasteiger partial charge in [-0.25, -0.2) is 4.79 Å². The van der Waals surface area contributed by atoms with Gasteiger partial charge in [0, 0.05) is 23.9 Å². The first-order valence-electron chi connectivity index (χ1n) is 7.26. The van der Waals surface area contributed by atoms with E-state index < -0.39 is 29.2 Å². The van der Waals surface area contributed by atoms with E-state index in [2.05, 4.69) is 0 Å². The molecule has 0 aromatic carbocycles. The molecule has 0 radical (unpaired) electrons. The molecule has 2 rings (SSSR count). The molecule has 0 spiro atoms. The van der Waals surface area contributed by atoms with Crippen molar-refractivity contribution in [1.29, 1.82) is 0 Å². The molecular weight excluding hydrogens is 276 g/mol. The van der Waals surface area contributed by atoms with Crippen molar-refractivity contribution in [2.24, 2.45) is 5.92 Å². The molecular formula is C14H24N2O5. The lowest BCUT2D eigenvalue weighted by atomic mass is 9.75. The second-order valence-corrected chi connectivity index (χ2v) is 7.19. The van der Waals surface area contributed by atoms with Crippen LogP contribution in [0.2, 0.25) is 0 Å². The van der Waals surface area contributed by atoms with Gasteiger partial charge in [-0.05, 0) is 40.5 Å². The fourth-order valence-corrected chi connectivity index (χ4v) is 3.37. The Morgan fingerprint density at radius 1 is 1.24 bits per heavy atom. The summed E-state index contributed by atoms with van der Waals surface area (Å²) in [7, 11) is 0. The molecule has 2 saturated heterocycles. The van der Waals surface area contributed by atoms with Crippen molar-refractivity contribution in [3.63, 3.8) is 0 Å². The summed E-state index contributed by atoms with van der Waals surface area (Å²) in [6, 6.07) is 0. The number of aliphatic hydroxyl groups is 1.